The molecular formula is C32H33N7O5. The summed E-state index contributed by atoms with van der Waals surface area (Å²) in [5.41, 5.74) is 11.5. The van der Waals surface area contributed by atoms with E-state index in [9.17, 15) is 9.59 Å². The molecule has 0 aliphatic rings. The molecule has 1 aromatic heterocycles. The third-order valence-electron chi connectivity index (χ3n) is 6.45. The predicted molar refractivity (Wildman–Crippen MR) is 170 cm³/mol. The molecule has 0 unspecified atom stereocenters. The fourth-order valence-electron chi connectivity index (χ4n) is 4.00. The Morgan fingerprint density at radius 2 is 1.11 bits per heavy atom. The van der Waals surface area contributed by atoms with Crippen molar-refractivity contribution in [1.29, 1.82) is 0 Å². The van der Waals surface area contributed by atoms with Crippen LogP contribution in [0.15, 0.2) is 83.0 Å². The average molecular weight is 596 g/mol. The third-order valence-corrected chi connectivity index (χ3v) is 6.45. The monoisotopic (exact) mass is 595 g/mol. The van der Waals surface area contributed by atoms with Crippen LogP contribution in [0.1, 0.15) is 51.3 Å². The molecule has 0 spiro atoms. The van der Waals surface area contributed by atoms with E-state index in [1.165, 1.54) is 14.2 Å². The van der Waals surface area contributed by atoms with Gasteiger partial charge in [0.2, 0.25) is 5.95 Å². The Bertz CT molecular complexity index is 1610. The zero-order valence-electron chi connectivity index (χ0n) is 25.3. The van der Waals surface area contributed by atoms with Gasteiger partial charge in [0.15, 0.2) is 11.6 Å². The van der Waals surface area contributed by atoms with E-state index in [4.69, 9.17) is 14.2 Å². The first-order chi connectivity index (χ1) is 21.2. The summed E-state index contributed by atoms with van der Waals surface area (Å²) in [5, 5.41) is 12.2. The predicted octanol–water partition coefficient (Wildman–Crippen LogP) is 5.78. The molecule has 3 N–H and O–H groups in total. The number of methoxy groups -OCH3 is 3. The van der Waals surface area contributed by atoms with Crippen molar-refractivity contribution in [2.75, 3.05) is 37.5 Å². The highest BCUT2D eigenvalue weighted by Gasteiger charge is 2.11. The number of hydrogen-bond donors (Lipinski definition) is 3. The van der Waals surface area contributed by atoms with E-state index in [1.54, 1.807) is 61.7 Å². The quantitative estimate of drug-likeness (QED) is 0.111. The van der Waals surface area contributed by atoms with Crippen molar-refractivity contribution in [3.8, 4) is 5.75 Å². The standard InChI is InChI=1S/C32H33N7O5/c1-19-7-16-27(42-4)26(17-19)33-32-34-28(38-36-20(2)22-8-12-24(13-9-22)30(40)43-5)18-29(35-32)39-37-21(3)23-10-14-25(15-11-23)31(41)44-6/h7-18H,1-6H3,(H3,33,34,35,38,39). The summed E-state index contributed by atoms with van der Waals surface area (Å²) in [4.78, 5) is 32.7. The number of anilines is 4. The zero-order valence-corrected chi connectivity index (χ0v) is 25.3. The van der Waals surface area contributed by atoms with E-state index >= 15 is 0 Å². The van der Waals surface area contributed by atoms with Crippen LogP contribution in [-0.2, 0) is 9.47 Å². The molecular weight excluding hydrogens is 562 g/mol. The lowest BCUT2D eigenvalue weighted by atomic mass is 10.1. The van der Waals surface area contributed by atoms with Gasteiger partial charge >= 0.3 is 11.9 Å². The van der Waals surface area contributed by atoms with Crippen molar-refractivity contribution >= 4 is 46.6 Å². The average Bonchev–Trinajstić information content (AvgIpc) is 3.05. The van der Waals surface area contributed by atoms with Gasteiger partial charge in [-0.15, -0.1) is 0 Å². The lowest BCUT2D eigenvalue weighted by Gasteiger charge is -2.13. The maximum atomic E-state index is 11.8. The molecule has 0 fully saturated rings. The Morgan fingerprint density at radius 1 is 0.659 bits per heavy atom. The van der Waals surface area contributed by atoms with E-state index < -0.39 is 11.9 Å². The third kappa shape index (κ3) is 7.94. The molecule has 4 aromatic rings. The van der Waals surface area contributed by atoms with Crippen LogP contribution >= 0.6 is 0 Å². The molecule has 0 amide bonds. The van der Waals surface area contributed by atoms with Crippen molar-refractivity contribution < 1.29 is 23.8 Å². The van der Waals surface area contributed by atoms with Crippen LogP contribution in [0.2, 0.25) is 0 Å². The van der Waals surface area contributed by atoms with Crippen molar-refractivity contribution in [3.05, 3.63) is 101 Å². The smallest absolute Gasteiger partial charge is 0.337 e. The van der Waals surface area contributed by atoms with Gasteiger partial charge in [0.05, 0.1) is 49.6 Å². The molecule has 0 saturated carbocycles. The fourth-order valence-corrected chi connectivity index (χ4v) is 4.00. The second-order valence-electron chi connectivity index (χ2n) is 9.55. The summed E-state index contributed by atoms with van der Waals surface area (Å²) in [7, 11) is 4.27. The molecule has 4 rings (SSSR count). The van der Waals surface area contributed by atoms with Crippen LogP contribution < -0.4 is 20.9 Å². The lowest BCUT2D eigenvalue weighted by Crippen LogP contribution is -2.07. The molecule has 0 atom stereocenters. The van der Waals surface area contributed by atoms with Crippen molar-refractivity contribution in [3.63, 3.8) is 0 Å². The summed E-state index contributed by atoms with van der Waals surface area (Å²) >= 11 is 0. The van der Waals surface area contributed by atoms with Crippen molar-refractivity contribution in [2.45, 2.75) is 20.8 Å². The van der Waals surface area contributed by atoms with Gasteiger partial charge in [-0.3, -0.25) is 10.9 Å². The van der Waals surface area contributed by atoms with Gasteiger partial charge in [0.25, 0.3) is 0 Å². The van der Waals surface area contributed by atoms with E-state index in [-0.39, 0.29) is 5.95 Å². The Kier molecular flexibility index (Phi) is 10.2. The highest BCUT2D eigenvalue weighted by molar-refractivity contribution is 6.01. The van der Waals surface area contributed by atoms with Crippen LogP contribution in [0.25, 0.3) is 0 Å². The van der Waals surface area contributed by atoms with Crippen LogP contribution in [0, 0.1) is 6.92 Å². The first-order valence-electron chi connectivity index (χ1n) is 13.5. The number of aryl methyl sites for hydroxylation is 1. The summed E-state index contributed by atoms with van der Waals surface area (Å²) in [6.07, 6.45) is 0. The number of esters is 2. The summed E-state index contributed by atoms with van der Waals surface area (Å²) < 4.78 is 15.0. The summed E-state index contributed by atoms with van der Waals surface area (Å²) in [6.45, 7) is 5.63. The Morgan fingerprint density at radius 3 is 1.55 bits per heavy atom. The number of ether oxygens (including phenoxy) is 3. The SMILES string of the molecule is COC(=O)c1ccc(C(C)=NNc2cc(NN=C(C)c3ccc(C(=O)OC)cc3)nc(Nc3cc(C)ccc3OC)n2)cc1. The van der Waals surface area contributed by atoms with Gasteiger partial charge in [-0.25, -0.2) is 9.59 Å². The molecule has 0 aliphatic carbocycles. The number of aromatic nitrogens is 2. The number of carbonyl (C=O) groups is 2. The second kappa shape index (κ2) is 14.4. The van der Waals surface area contributed by atoms with E-state index in [2.05, 4.69) is 36.3 Å². The van der Waals surface area contributed by atoms with Gasteiger partial charge in [-0.2, -0.15) is 20.2 Å². The lowest BCUT2D eigenvalue weighted by molar-refractivity contribution is 0.0592. The maximum Gasteiger partial charge on any atom is 0.337 e. The van der Waals surface area contributed by atoms with Gasteiger partial charge < -0.3 is 19.5 Å². The molecule has 226 valence electrons. The minimum atomic E-state index is -0.411. The van der Waals surface area contributed by atoms with Gasteiger partial charge in [0, 0.05) is 6.07 Å². The number of benzene rings is 3. The molecule has 0 radical (unpaired) electrons. The van der Waals surface area contributed by atoms with Gasteiger partial charge in [-0.05, 0) is 73.9 Å². The fraction of sp³-hybridized carbons (Fsp3) is 0.188. The largest absolute Gasteiger partial charge is 0.495 e. The number of nitrogens with one attached hydrogen (secondary N) is 3. The van der Waals surface area contributed by atoms with E-state index in [0.717, 1.165) is 16.7 Å². The second-order valence-corrected chi connectivity index (χ2v) is 9.55. The summed E-state index contributed by atoms with van der Waals surface area (Å²) in [5.74, 6) is 0.848. The highest BCUT2D eigenvalue weighted by atomic mass is 16.5. The number of hydrazone groups is 2. The zero-order chi connectivity index (χ0) is 31.6. The highest BCUT2D eigenvalue weighted by Crippen LogP contribution is 2.28. The first-order valence-corrected chi connectivity index (χ1v) is 13.5. The molecule has 3 aromatic carbocycles. The topological polar surface area (TPSA) is 148 Å². The van der Waals surface area contributed by atoms with Gasteiger partial charge in [0.1, 0.15) is 5.75 Å². The number of hydrogen-bond acceptors (Lipinski definition) is 12. The number of rotatable bonds is 11. The van der Waals surface area contributed by atoms with Gasteiger partial charge in [-0.1, -0.05) is 30.3 Å². The molecule has 0 bridgehead atoms. The van der Waals surface area contributed by atoms with E-state index in [1.807, 2.05) is 39.0 Å². The molecule has 0 saturated heterocycles. The van der Waals surface area contributed by atoms with Crippen LogP contribution in [0.3, 0.4) is 0 Å². The molecule has 12 nitrogen and oxygen atoms in total. The molecule has 44 heavy (non-hydrogen) atoms. The molecule has 1 heterocycles. The minimum absolute atomic E-state index is 0.270. The van der Waals surface area contributed by atoms with Crippen molar-refractivity contribution in [2.24, 2.45) is 10.2 Å². The minimum Gasteiger partial charge on any atom is -0.495 e. The van der Waals surface area contributed by atoms with E-state index in [0.29, 0.717) is 45.6 Å². The van der Waals surface area contributed by atoms with Crippen LogP contribution in [0.4, 0.5) is 23.3 Å². The number of nitrogens with zero attached hydrogens (tertiary/aromatic N) is 4. The first kappa shape index (κ1) is 31.2. The molecule has 12 heteroatoms. The summed E-state index contributed by atoms with van der Waals surface area (Å²) in [6, 6.07) is 21.2. The molecule has 0 aliphatic heterocycles. The Hall–Kier alpha value is -5.78. The normalized spacial score (nSPS) is 11.4. The maximum absolute atomic E-state index is 11.8. The van der Waals surface area contributed by atoms with Crippen molar-refractivity contribution in [1.82, 2.24) is 9.97 Å². The Balaban J connectivity index is 1.61. The van der Waals surface area contributed by atoms with Crippen LogP contribution in [-0.4, -0.2) is 54.7 Å². The van der Waals surface area contributed by atoms with Crippen LogP contribution in [0.5, 0.6) is 5.75 Å². The Labute approximate surface area is 255 Å². The number of carbonyl (C=O) groups excluding carboxylic acids is 2.